The predicted molar refractivity (Wildman–Crippen MR) is 133 cm³/mol. The highest BCUT2D eigenvalue weighted by atomic mass is 32.1. The summed E-state index contributed by atoms with van der Waals surface area (Å²) in [5.41, 5.74) is 1.16. The zero-order valence-electron chi connectivity index (χ0n) is 19.5. The van der Waals surface area contributed by atoms with E-state index in [4.69, 9.17) is 0 Å². The van der Waals surface area contributed by atoms with Crippen LogP contribution in [-0.4, -0.2) is 59.2 Å². The molecule has 0 spiro atoms. The number of likely N-dealkylation sites (tertiary alicyclic amines) is 1. The number of thiophene rings is 1. The van der Waals surface area contributed by atoms with E-state index in [2.05, 4.69) is 4.90 Å². The van der Waals surface area contributed by atoms with Crippen molar-refractivity contribution in [1.29, 1.82) is 0 Å². The molecule has 0 saturated carbocycles. The first kappa shape index (κ1) is 25.0. The molecule has 1 aliphatic heterocycles. The molecule has 1 saturated heterocycles. The second-order valence-electron chi connectivity index (χ2n) is 8.74. The van der Waals surface area contributed by atoms with Gasteiger partial charge in [0.1, 0.15) is 18.2 Å². The summed E-state index contributed by atoms with van der Waals surface area (Å²) >= 11 is 1.56. The van der Waals surface area contributed by atoms with Crippen LogP contribution in [0.2, 0.25) is 0 Å². The summed E-state index contributed by atoms with van der Waals surface area (Å²) in [5, 5.41) is 1.95. The van der Waals surface area contributed by atoms with Crippen LogP contribution in [0.5, 0.6) is 0 Å². The van der Waals surface area contributed by atoms with Crippen LogP contribution in [0.4, 0.5) is 8.78 Å². The zero-order chi connectivity index (χ0) is 24.6. The number of benzene rings is 2. The van der Waals surface area contributed by atoms with Crippen molar-refractivity contribution >= 4 is 23.2 Å². The average molecular weight is 498 g/mol. The Kier molecular flexibility index (Phi) is 8.60. The number of carbonyl (C=O) groups excluding carboxylic acids is 2. The van der Waals surface area contributed by atoms with E-state index in [1.807, 2.05) is 17.5 Å². The highest BCUT2D eigenvalue weighted by molar-refractivity contribution is 7.09. The van der Waals surface area contributed by atoms with E-state index in [-0.39, 0.29) is 24.2 Å². The van der Waals surface area contributed by atoms with Gasteiger partial charge in [0.05, 0.1) is 6.54 Å². The van der Waals surface area contributed by atoms with E-state index in [0.717, 1.165) is 36.4 Å². The molecule has 184 valence electrons. The van der Waals surface area contributed by atoms with Gasteiger partial charge in [-0.25, -0.2) is 8.78 Å². The topological polar surface area (TPSA) is 43.9 Å². The van der Waals surface area contributed by atoms with Crippen molar-refractivity contribution in [2.45, 2.75) is 25.9 Å². The number of hydrogen-bond donors (Lipinski definition) is 0. The first-order valence-corrected chi connectivity index (χ1v) is 12.7. The van der Waals surface area contributed by atoms with E-state index in [0.29, 0.717) is 31.7 Å². The largest absolute Gasteiger partial charge is 0.332 e. The van der Waals surface area contributed by atoms with E-state index in [1.54, 1.807) is 33.3 Å². The van der Waals surface area contributed by atoms with Crippen LogP contribution < -0.4 is 0 Å². The molecule has 0 bridgehead atoms. The van der Waals surface area contributed by atoms with E-state index >= 15 is 0 Å². The number of amides is 2. The monoisotopic (exact) mass is 497 g/mol. The molecule has 0 aliphatic carbocycles. The van der Waals surface area contributed by atoms with Crippen molar-refractivity contribution in [3.05, 3.63) is 93.7 Å². The van der Waals surface area contributed by atoms with Gasteiger partial charge in [-0.3, -0.25) is 9.59 Å². The summed E-state index contributed by atoms with van der Waals surface area (Å²) in [4.78, 5) is 33.4. The quantitative estimate of drug-likeness (QED) is 0.405. The van der Waals surface area contributed by atoms with Crippen molar-refractivity contribution in [2.24, 2.45) is 0 Å². The molecule has 35 heavy (non-hydrogen) atoms. The minimum absolute atomic E-state index is 0.0867. The standard InChI is InChI=1S/C27H29F2N3O2S/c28-23-9-5-21(6-10-23)18-32(19-25-4-3-17-35-25)26(33)20-31(16-15-30-13-1-2-14-30)27(34)22-7-11-24(29)12-8-22/h3-12,17H,1-2,13-16,18-20H2. The van der Waals surface area contributed by atoms with Gasteiger partial charge < -0.3 is 14.7 Å². The lowest BCUT2D eigenvalue weighted by Gasteiger charge is -2.29. The van der Waals surface area contributed by atoms with Gasteiger partial charge in [-0.15, -0.1) is 11.3 Å². The first-order chi connectivity index (χ1) is 17.0. The molecule has 1 aromatic heterocycles. The van der Waals surface area contributed by atoms with Gasteiger partial charge in [-0.05, 0) is 79.3 Å². The lowest BCUT2D eigenvalue weighted by molar-refractivity contribution is -0.133. The van der Waals surface area contributed by atoms with Gasteiger partial charge in [-0.1, -0.05) is 18.2 Å². The van der Waals surface area contributed by atoms with Crippen molar-refractivity contribution in [1.82, 2.24) is 14.7 Å². The van der Waals surface area contributed by atoms with Gasteiger partial charge in [-0.2, -0.15) is 0 Å². The van der Waals surface area contributed by atoms with Crippen LogP contribution in [0.3, 0.4) is 0 Å². The molecule has 3 aromatic rings. The Morgan fingerprint density at radius 2 is 1.51 bits per heavy atom. The molecule has 0 N–H and O–H groups in total. The molecule has 0 atom stereocenters. The lowest BCUT2D eigenvalue weighted by Crippen LogP contribution is -2.45. The van der Waals surface area contributed by atoms with Crippen molar-refractivity contribution in [2.75, 3.05) is 32.7 Å². The van der Waals surface area contributed by atoms with Gasteiger partial charge in [0, 0.05) is 30.1 Å². The van der Waals surface area contributed by atoms with Crippen LogP contribution in [0.25, 0.3) is 0 Å². The fourth-order valence-corrected chi connectivity index (χ4v) is 4.91. The van der Waals surface area contributed by atoms with Gasteiger partial charge in [0.15, 0.2) is 0 Å². The first-order valence-electron chi connectivity index (χ1n) is 11.8. The smallest absolute Gasteiger partial charge is 0.254 e. The Morgan fingerprint density at radius 1 is 0.857 bits per heavy atom. The van der Waals surface area contributed by atoms with Crippen LogP contribution in [-0.2, 0) is 17.9 Å². The van der Waals surface area contributed by atoms with Crippen LogP contribution >= 0.6 is 11.3 Å². The van der Waals surface area contributed by atoms with E-state index < -0.39 is 5.82 Å². The second-order valence-corrected chi connectivity index (χ2v) is 9.77. The Hall–Kier alpha value is -3.10. The van der Waals surface area contributed by atoms with Crippen LogP contribution in [0, 0.1) is 11.6 Å². The highest BCUT2D eigenvalue weighted by Crippen LogP contribution is 2.17. The summed E-state index contributed by atoms with van der Waals surface area (Å²) in [6.45, 7) is 3.69. The number of rotatable bonds is 10. The zero-order valence-corrected chi connectivity index (χ0v) is 20.4. The van der Waals surface area contributed by atoms with Crippen LogP contribution in [0.1, 0.15) is 33.6 Å². The molecule has 4 rings (SSSR count). The van der Waals surface area contributed by atoms with Crippen molar-refractivity contribution in [3.63, 3.8) is 0 Å². The summed E-state index contributed by atoms with van der Waals surface area (Å²) in [6.07, 6.45) is 2.27. The molecule has 0 radical (unpaired) electrons. The van der Waals surface area contributed by atoms with Gasteiger partial charge in [0.2, 0.25) is 5.91 Å². The van der Waals surface area contributed by atoms with E-state index in [9.17, 15) is 18.4 Å². The third-order valence-corrected chi connectivity index (χ3v) is 7.02. The fourth-order valence-electron chi connectivity index (χ4n) is 4.19. The number of hydrogen-bond acceptors (Lipinski definition) is 4. The van der Waals surface area contributed by atoms with Crippen molar-refractivity contribution < 1.29 is 18.4 Å². The Morgan fingerprint density at radius 3 is 2.14 bits per heavy atom. The molecule has 5 nitrogen and oxygen atoms in total. The van der Waals surface area contributed by atoms with Gasteiger partial charge >= 0.3 is 0 Å². The molecular weight excluding hydrogens is 468 g/mol. The molecule has 8 heteroatoms. The summed E-state index contributed by atoms with van der Waals surface area (Å²) in [7, 11) is 0. The normalized spacial score (nSPS) is 13.7. The maximum atomic E-state index is 13.5. The Balaban J connectivity index is 1.51. The van der Waals surface area contributed by atoms with Crippen molar-refractivity contribution in [3.8, 4) is 0 Å². The Bertz CT molecular complexity index is 1100. The molecule has 0 unspecified atom stereocenters. The molecule has 1 aliphatic rings. The molecule has 2 amide bonds. The predicted octanol–water partition coefficient (Wildman–Crippen LogP) is 4.79. The maximum Gasteiger partial charge on any atom is 0.254 e. The summed E-state index contributed by atoms with van der Waals surface area (Å²) in [6, 6.07) is 15.4. The SMILES string of the molecule is O=C(CN(CCN1CCCC1)C(=O)c1ccc(F)cc1)N(Cc1ccc(F)cc1)Cc1cccs1. The average Bonchev–Trinajstić information content (AvgIpc) is 3.57. The fraction of sp³-hybridized carbons (Fsp3) is 0.333. The second kappa shape index (κ2) is 12.0. The summed E-state index contributed by atoms with van der Waals surface area (Å²) in [5.74, 6) is -1.24. The number of carbonyl (C=O) groups is 2. The highest BCUT2D eigenvalue weighted by Gasteiger charge is 2.24. The number of halogens is 2. The molecule has 1 fully saturated rings. The van der Waals surface area contributed by atoms with Gasteiger partial charge in [0.25, 0.3) is 5.91 Å². The lowest BCUT2D eigenvalue weighted by atomic mass is 10.1. The minimum Gasteiger partial charge on any atom is -0.332 e. The molecule has 2 heterocycles. The number of nitrogens with zero attached hydrogens (tertiary/aromatic N) is 3. The maximum absolute atomic E-state index is 13.5. The minimum atomic E-state index is -0.414. The van der Waals surface area contributed by atoms with Crippen LogP contribution in [0.15, 0.2) is 66.0 Å². The summed E-state index contributed by atoms with van der Waals surface area (Å²) < 4.78 is 26.8. The van der Waals surface area contributed by atoms with E-state index in [1.165, 1.54) is 36.4 Å². The third-order valence-electron chi connectivity index (χ3n) is 6.16. The Labute approximate surface area is 208 Å². The third kappa shape index (κ3) is 7.19. The molecule has 2 aromatic carbocycles. The molecular formula is C27H29F2N3O2S.